The summed E-state index contributed by atoms with van der Waals surface area (Å²) >= 11 is 0. The van der Waals surface area contributed by atoms with E-state index in [1.807, 2.05) is 0 Å². The van der Waals surface area contributed by atoms with Crippen molar-refractivity contribution in [2.24, 2.45) is 62.3 Å². The topological polar surface area (TPSA) is 41.8 Å². The van der Waals surface area contributed by atoms with Gasteiger partial charge in [-0.05, 0) is 115 Å². The lowest BCUT2D eigenvalue weighted by molar-refractivity contribution is -0.218. The second kappa shape index (κ2) is 6.51. The van der Waals surface area contributed by atoms with Crippen molar-refractivity contribution in [3.05, 3.63) is 0 Å². The van der Waals surface area contributed by atoms with Crippen LogP contribution in [-0.4, -0.2) is 23.6 Å². The minimum absolute atomic E-state index is 0.409. The third kappa shape index (κ3) is 2.43. The molecule has 0 radical (unpaired) electrons. The van der Waals surface area contributed by atoms with Crippen LogP contribution in [-0.2, 0) is 4.74 Å². The molecular weight excluding hydrogens is 382 g/mol. The molecule has 0 amide bonds. The molecule has 0 aromatic heterocycles. The molecular formula is C28H45NO2. The van der Waals surface area contributed by atoms with E-state index in [1.165, 1.54) is 57.8 Å². The number of ether oxygens (including phenoxy) is 1. The highest BCUT2D eigenvalue weighted by molar-refractivity contribution is 5.87. The minimum Gasteiger partial charge on any atom is -0.411 e. The zero-order valence-electron chi connectivity index (χ0n) is 20.6. The summed E-state index contributed by atoms with van der Waals surface area (Å²) in [6.07, 6.45) is 13.9. The van der Waals surface area contributed by atoms with E-state index in [9.17, 15) is 5.21 Å². The van der Waals surface area contributed by atoms with Crippen molar-refractivity contribution < 1.29 is 9.94 Å². The quantitative estimate of drug-likeness (QED) is 0.336. The van der Waals surface area contributed by atoms with Crippen LogP contribution in [0, 0.1) is 57.2 Å². The van der Waals surface area contributed by atoms with Crippen LogP contribution in [0.2, 0.25) is 0 Å². The summed E-state index contributed by atoms with van der Waals surface area (Å²) in [6, 6.07) is 0. The molecule has 6 rings (SSSR count). The van der Waals surface area contributed by atoms with Gasteiger partial charge in [0.1, 0.15) is 0 Å². The highest BCUT2D eigenvalue weighted by atomic mass is 16.5. The fourth-order valence-corrected chi connectivity index (χ4v) is 11.7. The van der Waals surface area contributed by atoms with Gasteiger partial charge in [-0.3, -0.25) is 0 Å². The van der Waals surface area contributed by atoms with Gasteiger partial charge in [0.15, 0.2) is 0 Å². The van der Waals surface area contributed by atoms with E-state index in [0.717, 1.165) is 42.4 Å². The molecule has 1 heterocycles. The molecule has 11 atom stereocenters. The van der Waals surface area contributed by atoms with E-state index in [4.69, 9.17) is 4.74 Å². The lowest BCUT2D eigenvalue weighted by Gasteiger charge is -2.71. The summed E-state index contributed by atoms with van der Waals surface area (Å²) < 4.78 is 6.62. The van der Waals surface area contributed by atoms with Crippen molar-refractivity contribution >= 4 is 5.71 Å². The average molecular weight is 428 g/mol. The predicted molar refractivity (Wildman–Crippen MR) is 124 cm³/mol. The van der Waals surface area contributed by atoms with E-state index in [-0.39, 0.29) is 0 Å². The molecule has 5 saturated carbocycles. The number of oxime groups is 1. The van der Waals surface area contributed by atoms with Gasteiger partial charge in [-0.2, -0.15) is 0 Å². The van der Waals surface area contributed by atoms with Crippen LogP contribution in [0.15, 0.2) is 5.16 Å². The number of nitrogens with zero attached hydrogens (tertiary/aromatic N) is 1. The van der Waals surface area contributed by atoms with Gasteiger partial charge in [-0.25, -0.2) is 0 Å². The Hall–Kier alpha value is -0.570. The third-order valence-electron chi connectivity index (χ3n) is 13.0. The summed E-state index contributed by atoms with van der Waals surface area (Å²) in [5.74, 6) is 4.36. The SMILES string of the molecule is C[C@H]1CC[C@@]23CC[C@H]4[C@]5(C)CC[C@@H]6[C@@H](C)/C(=N\O)CC[C@]6(C)[C@@H]5CC[C@]4(C)[C@@H]2[C@@H]1OC3. The second-order valence-corrected chi connectivity index (χ2v) is 13.9. The third-order valence-corrected chi connectivity index (χ3v) is 13.0. The molecule has 1 N–H and O–H groups in total. The molecule has 6 fully saturated rings. The molecule has 1 saturated heterocycles. The van der Waals surface area contributed by atoms with Crippen molar-refractivity contribution in [1.29, 1.82) is 0 Å². The van der Waals surface area contributed by atoms with E-state index in [1.54, 1.807) is 0 Å². The summed E-state index contributed by atoms with van der Waals surface area (Å²) in [6.45, 7) is 13.9. The molecule has 1 aliphatic heterocycles. The maximum absolute atomic E-state index is 9.57. The van der Waals surface area contributed by atoms with Gasteiger partial charge < -0.3 is 9.94 Å². The van der Waals surface area contributed by atoms with E-state index in [2.05, 4.69) is 39.8 Å². The maximum Gasteiger partial charge on any atom is 0.0640 e. The Morgan fingerprint density at radius 3 is 2.29 bits per heavy atom. The zero-order chi connectivity index (χ0) is 21.8. The summed E-state index contributed by atoms with van der Waals surface area (Å²) in [5.41, 5.74) is 2.90. The highest BCUT2D eigenvalue weighted by Gasteiger charge is 2.71. The molecule has 0 aromatic rings. The van der Waals surface area contributed by atoms with Crippen molar-refractivity contribution in [3.8, 4) is 0 Å². The monoisotopic (exact) mass is 427 g/mol. The Morgan fingerprint density at radius 1 is 0.839 bits per heavy atom. The fourth-order valence-electron chi connectivity index (χ4n) is 11.7. The van der Waals surface area contributed by atoms with Gasteiger partial charge in [0.25, 0.3) is 0 Å². The molecule has 31 heavy (non-hydrogen) atoms. The van der Waals surface area contributed by atoms with Crippen LogP contribution in [0.4, 0.5) is 0 Å². The standard InChI is InChI=1S/C28H45NO2/c1-17-6-14-28-15-10-22-26(4)11-7-19-18(2)20(29-30)8-12-25(19,3)21(26)9-13-27(22,5)24(28)23(17)31-16-28/h17-19,21-24,30H,6-16H2,1-5H3/b29-20-/t17-,18+,19+,21-,22-,23+,24-,25-,26+,27-,28-/m0/s1. The molecule has 3 nitrogen and oxygen atoms in total. The van der Waals surface area contributed by atoms with Gasteiger partial charge >= 0.3 is 0 Å². The van der Waals surface area contributed by atoms with Gasteiger partial charge in [-0.1, -0.05) is 39.8 Å². The average Bonchev–Trinajstić information content (AvgIpc) is 3.06. The highest BCUT2D eigenvalue weighted by Crippen LogP contribution is 2.76. The Kier molecular flexibility index (Phi) is 4.41. The van der Waals surface area contributed by atoms with E-state index >= 15 is 0 Å². The largest absolute Gasteiger partial charge is 0.411 e. The Bertz CT molecular complexity index is 794. The minimum atomic E-state index is 0.409. The molecule has 6 aliphatic rings. The first-order chi connectivity index (χ1) is 14.7. The summed E-state index contributed by atoms with van der Waals surface area (Å²) in [7, 11) is 0. The smallest absolute Gasteiger partial charge is 0.0640 e. The van der Waals surface area contributed by atoms with Gasteiger partial charge in [0.2, 0.25) is 0 Å². The van der Waals surface area contributed by atoms with Crippen LogP contribution < -0.4 is 0 Å². The lowest BCUT2D eigenvalue weighted by Crippen LogP contribution is -2.65. The Labute approximate surface area is 189 Å². The number of fused-ring (bicyclic) bond motifs is 5. The van der Waals surface area contributed by atoms with Crippen LogP contribution in [0.1, 0.15) is 98.8 Å². The summed E-state index contributed by atoms with van der Waals surface area (Å²) in [5, 5.41) is 13.3. The normalized spacial score (nSPS) is 61.8. The molecule has 0 unspecified atom stereocenters. The van der Waals surface area contributed by atoms with Gasteiger partial charge in [0.05, 0.1) is 18.4 Å². The number of hydrogen-bond acceptors (Lipinski definition) is 3. The van der Waals surface area contributed by atoms with Crippen molar-refractivity contribution in [1.82, 2.24) is 0 Å². The fraction of sp³-hybridized carbons (Fsp3) is 0.964. The van der Waals surface area contributed by atoms with Gasteiger partial charge in [0, 0.05) is 5.92 Å². The van der Waals surface area contributed by atoms with Crippen molar-refractivity contribution in [3.63, 3.8) is 0 Å². The molecule has 2 bridgehead atoms. The van der Waals surface area contributed by atoms with E-state index in [0.29, 0.717) is 39.6 Å². The van der Waals surface area contributed by atoms with Crippen LogP contribution in [0.3, 0.4) is 0 Å². The predicted octanol–water partition coefficient (Wildman–Crippen LogP) is 6.93. The lowest BCUT2D eigenvalue weighted by atomic mass is 9.33. The molecule has 0 spiro atoms. The summed E-state index contributed by atoms with van der Waals surface area (Å²) in [4.78, 5) is 0. The first-order valence-corrected chi connectivity index (χ1v) is 13.5. The molecule has 5 aliphatic carbocycles. The Balaban J connectivity index is 1.37. The van der Waals surface area contributed by atoms with Crippen molar-refractivity contribution in [2.75, 3.05) is 6.61 Å². The van der Waals surface area contributed by atoms with E-state index < -0.39 is 0 Å². The van der Waals surface area contributed by atoms with Crippen LogP contribution >= 0.6 is 0 Å². The van der Waals surface area contributed by atoms with Crippen LogP contribution in [0.25, 0.3) is 0 Å². The first kappa shape index (κ1) is 21.0. The molecule has 3 heteroatoms. The van der Waals surface area contributed by atoms with Crippen molar-refractivity contribution in [2.45, 2.75) is 105 Å². The maximum atomic E-state index is 9.57. The molecule has 0 aromatic carbocycles. The number of rotatable bonds is 0. The first-order valence-electron chi connectivity index (χ1n) is 13.5. The zero-order valence-corrected chi connectivity index (χ0v) is 20.6. The second-order valence-electron chi connectivity index (χ2n) is 13.9. The Morgan fingerprint density at radius 2 is 1.52 bits per heavy atom. The number of hydrogen-bond donors (Lipinski definition) is 1. The van der Waals surface area contributed by atoms with Gasteiger partial charge in [-0.15, -0.1) is 0 Å². The molecule has 174 valence electrons. The van der Waals surface area contributed by atoms with Crippen LogP contribution in [0.5, 0.6) is 0 Å².